The molecule has 2 rings (SSSR count). The van der Waals surface area contributed by atoms with Gasteiger partial charge in [0, 0.05) is 10.5 Å². The molecule has 21 heavy (non-hydrogen) atoms. The Morgan fingerprint density at radius 1 is 1.33 bits per heavy atom. The van der Waals surface area contributed by atoms with Gasteiger partial charge in [-0.15, -0.1) is 11.3 Å². The van der Waals surface area contributed by atoms with Gasteiger partial charge in [0.2, 0.25) is 0 Å². The van der Waals surface area contributed by atoms with Crippen LogP contribution in [-0.4, -0.2) is 18.4 Å². The van der Waals surface area contributed by atoms with Gasteiger partial charge in [0.25, 0.3) is 0 Å². The lowest BCUT2D eigenvalue weighted by Crippen LogP contribution is -2.17. The molecule has 0 aromatic carbocycles. The molecule has 0 unspecified atom stereocenters. The summed E-state index contributed by atoms with van der Waals surface area (Å²) in [5.74, 6) is -0.855. The summed E-state index contributed by atoms with van der Waals surface area (Å²) in [6.45, 7) is 1.97. The summed E-state index contributed by atoms with van der Waals surface area (Å²) in [6, 6.07) is 3.73. The van der Waals surface area contributed by atoms with E-state index in [1.807, 2.05) is 35.7 Å². The smallest absolute Gasteiger partial charge is 0.342 e. The predicted octanol–water partition coefficient (Wildman–Crippen LogP) is 3.71. The van der Waals surface area contributed by atoms with E-state index in [0.29, 0.717) is 12.0 Å². The maximum atomic E-state index is 12.6. The van der Waals surface area contributed by atoms with Crippen molar-refractivity contribution in [2.75, 3.05) is 6.61 Å². The van der Waals surface area contributed by atoms with E-state index in [1.165, 1.54) is 11.3 Å². The van der Waals surface area contributed by atoms with Crippen LogP contribution in [0.1, 0.15) is 18.2 Å². The zero-order valence-electron chi connectivity index (χ0n) is 11.7. The monoisotopic (exact) mass is 300 g/mol. The van der Waals surface area contributed by atoms with Crippen LogP contribution in [0, 0.1) is 0 Å². The van der Waals surface area contributed by atoms with Gasteiger partial charge in [0.05, 0.1) is 6.61 Å². The molecule has 1 aromatic heterocycles. The van der Waals surface area contributed by atoms with E-state index in [2.05, 4.69) is 0 Å². The summed E-state index contributed by atoms with van der Waals surface area (Å²) in [5, 5.41) is 1.90. The van der Waals surface area contributed by atoms with E-state index in [-0.39, 0.29) is 18.0 Å². The van der Waals surface area contributed by atoms with Crippen LogP contribution in [0.15, 0.2) is 59.0 Å². The first-order chi connectivity index (χ1) is 10.2. The highest BCUT2D eigenvalue weighted by molar-refractivity contribution is 7.10. The molecule has 0 N–H and O–H groups in total. The number of rotatable bonds is 5. The van der Waals surface area contributed by atoms with Crippen molar-refractivity contribution in [3.8, 4) is 0 Å². The molecule has 4 heteroatoms. The van der Waals surface area contributed by atoms with Crippen LogP contribution in [0.3, 0.4) is 0 Å². The SMILES string of the molecule is CCOC(=O)/C(=C/c1cccs1)C(=O)C1=CC=CC=CC1. The van der Waals surface area contributed by atoms with Crippen molar-refractivity contribution >= 4 is 29.2 Å². The van der Waals surface area contributed by atoms with Crippen molar-refractivity contribution in [3.05, 3.63) is 63.9 Å². The van der Waals surface area contributed by atoms with Gasteiger partial charge in [0.1, 0.15) is 5.57 Å². The fraction of sp³-hybridized carbons (Fsp3) is 0.176. The summed E-state index contributed by atoms with van der Waals surface area (Å²) in [6.07, 6.45) is 11.3. The molecule has 0 aliphatic heterocycles. The van der Waals surface area contributed by atoms with Crippen LogP contribution >= 0.6 is 11.3 Å². The summed E-state index contributed by atoms with van der Waals surface area (Å²) in [7, 11) is 0. The summed E-state index contributed by atoms with van der Waals surface area (Å²) >= 11 is 1.47. The van der Waals surface area contributed by atoms with Crippen molar-refractivity contribution in [2.24, 2.45) is 0 Å². The lowest BCUT2D eigenvalue weighted by Gasteiger charge is -2.07. The number of hydrogen-bond donors (Lipinski definition) is 0. The van der Waals surface area contributed by atoms with Crippen molar-refractivity contribution in [1.29, 1.82) is 0 Å². The van der Waals surface area contributed by atoms with Gasteiger partial charge < -0.3 is 4.74 Å². The van der Waals surface area contributed by atoms with Gasteiger partial charge in [-0.25, -0.2) is 4.79 Å². The van der Waals surface area contributed by atoms with Crippen LogP contribution in [-0.2, 0) is 14.3 Å². The minimum atomic E-state index is -0.575. The summed E-state index contributed by atoms with van der Waals surface area (Å²) in [4.78, 5) is 25.5. The van der Waals surface area contributed by atoms with Gasteiger partial charge in [-0.3, -0.25) is 4.79 Å². The second kappa shape index (κ2) is 7.55. The fourth-order valence-electron chi connectivity index (χ4n) is 1.86. The van der Waals surface area contributed by atoms with Crippen molar-refractivity contribution in [2.45, 2.75) is 13.3 Å². The second-order valence-electron chi connectivity index (χ2n) is 4.33. The molecule has 1 heterocycles. The normalized spacial score (nSPS) is 14.5. The molecular formula is C17H16O3S. The Morgan fingerprint density at radius 3 is 2.90 bits per heavy atom. The second-order valence-corrected chi connectivity index (χ2v) is 5.31. The standard InChI is InChI=1S/C17H16O3S/c1-2-20-17(19)15(12-14-10-7-11-21-14)16(18)13-8-5-3-4-6-9-13/h3-8,10-12H,2,9H2,1H3/b15-12+. The van der Waals surface area contributed by atoms with E-state index in [0.717, 1.165) is 4.88 Å². The zero-order valence-corrected chi connectivity index (χ0v) is 12.6. The number of ketones is 1. The fourth-order valence-corrected chi connectivity index (χ4v) is 2.52. The number of ether oxygens (including phenoxy) is 1. The summed E-state index contributed by atoms with van der Waals surface area (Å²) < 4.78 is 5.01. The third-order valence-corrected chi connectivity index (χ3v) is 3.67. The van der Waals surface area contributed by atoms with Gasteiger partial charge in [-0.2, -0.15) is 0 Å². The Balaban J connectivity index is 2.33. The Hall–Kier alpha value is -2.20. The van der Waals surface area contributed by atoms with E-state index >= 15 is 0 Å². The third kappa shape index (κ3) is 4.13. The number of carbonyl (C=O) groups excluding carboxylic acids is 2. The highest BCUT2D eigenvalue weighted by Gasteiger charge is 2.22. The average Bonchev–Trinajstić information content (AvgIpc) is 2.84. The lowest BCUT2D eigenvalue weighted by atomic mass is 10.00. The van der Waals surface area contributed by atoms with Crippen molar-refractivity contribution in [3.63, 3.8) is 0 Å². The first-order valence-electron chi connectivity index (χ1n) is 6.71. The lowest BCUT2D eigenvalue weighted by molar-refractivity contribution is -0.139. The van der Waals surface area contributed by atoms with Gasteiger partial charge in [-0.05, 0) is 30.9 Å². The molecule has 0 spiro atoms. The quantitative estimate of drug-likeness (QED) is 0.360. The Labute approximate surface area is 127 Å². The number of thiophene rings is 1. The van der Waals surface area contributed by atoms with Crippen LogP contribution < -0.4 is 0 Å². The molecule has 0 amide bonds. The largest absolute Gasteiger partial charge is 0.462 e. The Bertz CT molecular complexity index is 631. The molecular weight excluding hydrogens is 284 g/mol. The number of esters is 1. The molecule has 0 fully saturated rings. The highest BCUT2D eigenvalue weighted by atomic mass is 32.1. The molecule has 108 valence electrons. The average molecular weight is 300 g/mol. The van der Waals surface area contributed by atoms with Crippen molar-refractivity contribution in [1.82, 2.24) is 0 Å². The van der Waals surface area contributed by atoms with E-state index in [1.54, 1.807) is 25.2 Å². The third-order valence-electron chi connectivity index (χ3n) is 2.85. The molecule has 3 nitrogen and oxygen atoms in total. The van der Waals surface area contributed by atoms with Crippen LogP contribution in [0.2, 0.25) is 0 Å². The molecule has 0 atom stereocenters. The molecule has 1 aliphatic rings. The number of hydrogen-bond acceptors (Lipinski definition) is 4. The Morgan fingerprint density at radius 2 is 2.19 bits per heavy atom. The predicted molar refractivity (Wildman–Crippen MR) is 84.9 cm³/mol. The molecule has 1 aliphatic carbocycles. The molecule has 0 bridgehead atoms. The van der Waals surface area contributed by atoms with Crippen LogP contribution in [0.4, 0.5) is 0 Å². The molecule has 0 saturated carbocycles. The van der Waals surface area contributed by atoms with E-state index in [4.69, 9.17) is 4.74 Å². The summed E-state index contributed by atoms with van der Waals surface area (Å²) in [5.41, 5.74) is 0.658. The van der Waals surface area contributed by atoms with Gasteiger partial charge in [0.15, 0.2) is 5.78 Å². The van der Waals surface area contributed by atoms with E-state index < -0.39 is 5.97 Å². The number of Topliss-reactive ketones (excluding diaryl/α,β-unsaturated/α-hetero) is 1. The number of carbonyl (C=O) groups is 2. The molecule has 1 aromatic rings. The highest BCUT2D eigenvalue weighted by Crippen LogP contribution is 2.20. The van der Waals surface area contributed by atoms with Gasteiger partial charge >= 0.3 is 5.97 Å². The minimum Gasteiger partial charge on any atom is -0.462 e. The topological polar surface area (TPSA) is 43.4 Å². The Kier molecular flexibility index (Phi) is 5.46. The first-order valence-corrected chi connectivity index (χ1v) is 7.59. The molecule has 0 saturated heterocycles. The zero-order chi connectivity index (χ0) is 15.1. The van der Waals surface area contributed by atoms with Crippen LogP contribution in [0.25, 0.3) is 6.08 Å². The first kappa shape index (κ1) is 15.2. The molecule has 0 radical (unpaired) electrons. The number of allylic oxidation sites excluding steroid dienone is 6. The van der Waals surface area contributed by atoms with Gasteiger partial charge in [-0.1, -0.05) is 36.4 Å². The van der Waals surface area contributed by atoms with Crippen molar-refractivity contribution < 1.29 is 14.3 Å². The van der Waals surface area contributed by atoms with Crippen LogP contribution in [0.5, 0.6) is 0 Å². The van der Waals surface area contributed by atoms with E-state index in [9.17, 15) is 9.59 Å². The maximum absolute atomic E-state index is 12.6. The maximum Gasteiger partial charge on any atom is 0.342 e. The minimum absolute atomic E-state index is 0.0780.